The van der Waals surface area contributed by atoms with E-state index < -0.39 is 6.09 Å². The molecule has 0 bridgehead atoms. The van der Waals surface area contributed by atoms with Gasteiger partial charge in [-0.3, -0.25) is 0 Å². The number of amides is 1. The second-order valence-corrected chi connectivity index (χ2v) is 10.9. The van der Waals surface area contributed by atoms with E-state index in [0.717, 1.165) is 28.6 Å². The molecule has 7 heteroatoms. The van der Waals surface area contributed by atoms with Crippen molar-refractivity contribution in [2.45, 2.75) is 43.4 Å². The molecule has 4 aromatic rings. The molecule has 41 heavy (non-hydrogen) atoms. The van der Waals surface area contributed by atoms with Gasteiger partial charge in [-0.25, -0.2) is 4.79 Å². The standard InChI is InChI=1S/C34H36BrNO5/c35-21-26-10-11-27-8-4-9-29(32(27)20-26)24-41-33-22-36(34(37)38)17-16-31(33)28-12-14-30(15-13-28)40-19-5-18-39-23-25-6-2-1-3-7-25/h1-4,6-15,20,31,33H,5,16-19,21-24H2,(H,37,38). The molecule has 2 unspecified atom stereocenters. The zero-order valence-electron chi connectivity index (χ0n) is 23.1. The largest absolute Gasteiger partial charge is 0.494 e. The van der Waals surface area contributed by atoms with Crippen molar-refractivity contribution in [2.75, 3.05) is 26.3 Å². The van der Waals surface area contributed by atoms with E-state index in [4.69, 9.17) is 14.2 Å². The maximum absolute atomic E-state index is 11.8. The lowest BCUT2D eigenvalue weighted by atomic mass is 9.87. The zero-order valence-corrected chi connectivity index (χ0v) is 24.7. The Bertz CT molecular complexity index is 1410. The van der Waals surface area contributed by atoms with Crippen molar-refractivity contribution in [1.29, 1.82) is 0 Å². The number of halogens is 1. The molecule has 1 N–H and O–H groups in total. The molecule has 0 aromatic heterocycles. The minimum Gasteiger partial charge on any atom is -0.494 e. The van der Waals surface area contributed by atoms with Crippen molar-refractivity contribution >= 4 is 32.8 Å². The number of rotatable bonds is 12. The fraction of sp³-hybridized carbons (Fsp3) is 0.324. The molecule has 1 heterocycles. The van der Waals surface area contributed by atoms with Gasteiger partial charge >= 0.3 is 6.09 Å². The summed E-state index contributed by atoms with van der Waals surface area (Å²) < 4.78 is 18.2. The number of carbonyl (C=O) groups is 1. The summed E-state index contributed by atoms with van der Waals surface area (Å²) in [4.78, 5) is 13.2. The van der Waals surface area contributed by atoms with Gasteiger partial charge in [-0.1, -0.05) is 88.7 Å². The average molecular weight is 619 g/mol. The van der Waals surface area contributed by atoms with Crippen LogP contribution in [0.5, 0.6) is 5.75 Å². The van der Waals surface area contributed by atoms with Crippen LogP contribution in [-0.4, -0.2) is 48.5 Å². The molecule has 1 fully saturated rings. The van der Waals surface area contributed by atoms with Crippen LogP contribution >= 0.6 is 15.9 Å². The summed E-state index contributed by atoms with van der Waals surface area (Å²) in [5, 5.41) is 12.8. The number of likely N-dealkylation sites (tertiary alicyclic amines) is 1. The molecule has 5 rings (SSSR count). The monoisotopic (exact) mass is 617 g/mol. The maximum atomic E-state index is 11.8. The highest BCUT2D eigenvalue weighted by atomic mass is 79.9. The highest BCUT2D eigenvalue weighted by Crippen LogP contribution is 2.33. The van der Waals surface area contributed by atoms with Crippen LogP contribution in [0.1, 0.15) is 41.0 Å². The van der Waals surface area contributed by atoms with Crippen LogP contribution in [0, 0.1) is 0 Å². The average Bonchev–Trinajstić information content (AvgIpc) is 3.02. The third kappa shape index (κ3) is 7.88. The molecule has 4 aromatic carbocycles. The van der Waals surface area contributed by atoms with Crippen LogP contribution in [0.25, 0.3) is 10.8 Å². The predicted octanol–water partition coefficient (Wildman–Crippen LogP) is 7.77. The SMILES string of the molecule is O=C(O)N1CCC(c2ccc(OCCCOCc3ccccc3)cc2)C(OCc2cccc3ccc(CBr)cc23)C1. The first kappa shape index (κ1) is 29.1. The molecule has 0 aliphatic carbocycles. The third-order valence-corrected chi connectivity index (χ3v) is 8.24. The van der Waals surface area contributed by atoms with E-state index in [9.17, 15) is 9.90 Å². The number of hydrogen-bond acceptors (Lipinski definition) is 4. The minimum absolute atomic E-state index is 0.0964. The highest BCUT2D eigenvalue weighted by Gasteiger charge is 2.33. The Morgan fingerprint density at radius 3 is 2.51 bits per heavy atom. The van der Waals surface area contributed by atoms with Crippen LogP contribution in [-0.2, 0) is 28.0 Å². The van der Waals surface area contributed by atoms with Crippen LogP contribution in [0.2, 0.25) is 0 Å². The molecule has 1 saturated heterocycles. The van der Waals surface area contributed by atoms with E-state index in [-0.39, 0.29) is 12.0 Å². The Labute approximate surface area is 250 Å². The van der Waals surface area contributed by atoms with Gasteiger partial charge in [-0.15, -0.1) is 0 Å². The van der Waals surface area contributed by atoms with Crippen molar-refractivity contribution in [3.63, 3.8) is 0 Å². The van der Waals surface area contributed by atoms with Gasteiger partial charge in [0, 0.05) is 24.2 Å². The Morgan fingerprint density at radius 2 is 1.73 bits per heavy atom. The Balaban J connectivity index is 1.18. The van der Waals surface area contributed by atoms with Gasteiger partial charge in [0.15, 0.2) is 0 Å². The van der Waals surface area contributed by atoms with E-state index in [0.29, 0.717) is 45.9 Å². The normalized spacial score (nSPS) is 17.0. The third-order valence-electron chi connectivity index (χ3n) is 7.60. The van der Waals surface area contributed by atoms with Crippen molar-refractivity contribution in [1.82, 2.24) is 4.90 Å². The van der Waals surface area contributed by atoms with E-state index in [1.807, 2.05) is 36.4 Å². The van der Waals surface area contributed by atoms with E-state index in [2.05, 4.69) is 70.5 Å². The zero-order chi connectivity index (χ0) is 28.4. The summed E-state index contributed by atoms with van der Waals surface area (Å²) >= 11 is 3.55. The number of hydrogen-bond donors (Lipinski definition) is 1. The quantitative estimate of drug-likeness (QED) is 0.130. The second kappa shape index (κ2) is 14.5. The van der Waals surface area contributed by atoms with Gasteiger partial charge in [0.25, 0.3) is 0 Å². The van der Waals surface area contributed by atoms with Crippen molar-refractivity contribution in [2.24, 2.45) is 0 Å². The lowest BCUT2D eigenvalue weighted by Crippen LogP contribution is -2.46. The number of carboxylic acid groups (broad SMARTS) is 1. The number of fused-ring (bicyclic) bond motifs is 1. The molecule has 0 spiro atoms. The molecule has 2 atom stereocenters. The molecule has 0 saturated carbocycles. The van der Waals surface area contributed by atoms with Crippen LogP contribution in [0.3, 0.4) is 0 Å². The molecular weight excluding hydrogens is 582 g/mol. The van der Waals surface area contributed by atoms with E-state index >= 15 is 0 Å². The van der Waals surface area contributed by atoms with Gasteiger partial charge in [-0.05, 0) is 57.6 Å². The first-order valence-corrected chi connectivity index (χ1v) is 15.2. The molecule has 1 aliphatic heterocycles. The van der Waals surface area contributed by atoms with E-state index in [1.54, 1.807) is 0 Å². The van der Waals surface area contributed by atoms with Crippen LogP contribution in [0.15, 0.2) is 91.0 Å². The maximum Gasteiger partial charge on any atom is 0.407 e. The Kier molecular flexibility index (Phi) is 10.3. The topological polar surface area (TPSA) is 68.2 Å². The summed E-state index contributed by atoms with van der Waals surface area (Å²) in [7, 11) is 0. The lowest BCUT2D eigenvalue weighted by molar-refractivity contribution is -0.0195. The van der Waals surface area contributed by atoms with Gasteiger partial charge < -0.3 is 24.2 Å². The van der Waals surface area contributed by atoms with Crippen molar-refractivity contribution < 1.29 is 24.1 Å². The molecule has 1 amide bonds. The fourth-order valence-corrected chi connectivity index (χ4v) is 5.71. The van der Waals surface area contributed by atoms with Crippen LogP contribution < -0.4 is 4.74 Å². The number of piperidine rings is 1. The Hall–Kier alpha value is -3.39. The molecule has 6 nitrogen and oxygen atoms in total. The lowest BCUT2D eigenvalue weighted by Gasteiger charge is -2.37. The van der Waals surface area contributed by atoms with Gasteiger partial charge in [-0.2, -0.15) is 0 Å². The fourth-order valence-electron chi connectivity index (χ4n) is 5.36. The highest BCUT2D eigenvalue weighted by molar-refractivity contribution is 9.08. The summed E-state index contributed by atoms with van der Waals surface area (Å²) in [6, 6.07) is 31.0. The van der Waals surface area contributed by atoms with Crippen LogP contribution in [0.4, 0.5) is 4.79 Å². The molecule has 214 valence electrons. The van der Waals surface area contributed by atoms with Gasteiger partial charge in [0.2, 0.25) is 0 Å². The van der Waals surface area contributed by atoms with Crippen molar-refractivity contribution in [3.8, 4) is 5.75 Å². The second-order valence-electron chi connectivity index (χ2n) is 10.4. The molecule has 1 aliphatic rings. The van der Waals surface area contributed by atoms with Gasteiger partial charge in [0.1, 0.15) is 5.75 Å². The number of alkyl halides is 1. The van der Waals surface area contributed by atoms with Gasteiger partial charge in [0.05, 0.1) is 39.1 Å². The summed E-state index contributed by atoms with van der Waals surface area (Å²) in [5.74, 6) is 0.912. The summed E-state index contributed by atoms with van der Waals surface area (Å²) in [6.07, 6.45) is 0.367. The summed E-state index contributed by atoms with van der Waals surface area (Å²) in [5.41, 5.74) is 4.62. The minimum atomic E-state index is -0.902. The number of benzene rings is 4. The number of ether oxygens (including phenoxy) is 3. The smallest absolute Gasteiger partial charge is 0.407 e. The Morgan fingerprint density at radius 1 is 0.902 bits per heavy atom. The first-order chi connectivity index (χ1) is 20.1. The predicted molar refractivity (Wildman–Crippen MR) is 165 cm³/mol. The van der Waals surface area contributed by atoms with E-state index in [1.165, 1.54) is 26.8 Å². The first-order valence-electron chi connectivity index (χ1n) is 14.1. The number of nitrogens with zero attached hydrogens (tertiary/aromatic N) is 1. The summed E-state index contributed by atoms with van der Waals surface area (Å²) in [6.45, 7) is 3.09. The molecule has 0 radical (unpaired) electrons. The van der Waals surface area contributed by atoms with Crippen molar-refractivity contribution in [3.05, 3.63) is 113 Å². The molecular formula is C34H36BrNO5.